The Balaban J connectivity index is 1.33. The van der Waals surface area contributed by atoms with Gasteiger partial charge in [0.05, 0.1) is 12.1 Å². The van der Waals surface area contributed by atoms with Gasteiger partial charge in [-0.1, -0.05) is 66.7 Å². The van der Waals surface area contributed by atoms with Crippen LogP contribution in [0.5, 0.6) is 0 Å². The lowest BCUT2D eigenvalue weighted by molar-refractivity contribution is 0.0951. The minimum absolute atomic E-state index is 0.142. The van der Waals surface area contributed by atoms with Gasteiger partial charge < -0.3 is 10.2 Å². The molecule has 4 aromatic rings. The number of hydrogen-bond acceptors (Lipinski definition) is 4. The summed E-state index contributed by atoms with van der Waals surface area (Å²) in [6, 6.07) is 24.0. The van der Waals surface area contributed by atoms with Crippen molar-refractivity contribution in [2.75, 3.05) is 18.0 Å². The zero-order valence-corrected chi connectivity index (χ0v) is 18.5. The minimum Gasteiger partial charge on any atom is -0.357 e. The Morgan fingerprint density at radius 3 is 2.30 bits per heavy atom. The summed E-state index contributed by atoms with van der Waals surface area (Å²) in [4.78, 5) is 20.0. The zero-order valence-electron chi connectivity index (χ0n) is 18.5. The smallest absolute Gasteiger partial charge is 0.255 e. The molecule has 0 bridgehead atoms. The third-order valence-electron chi connectivity index (χ3n) is 5.93. The van der Waals surface area contributed by atoms with E-state index >= 15 is 0 Å². The fourth-order valence-electron chi connectivity index (χ4n) is 4.18. The number of nitrogens with one attached hydrogen (secondary N) is 1. The Bertz CT molecular complexity index is 1200. The highest BCUT2D eigenvalue weighted by atomic mass is 16.1. The van der Waals surface area contributed by atoms with E-state index in [0.29, 0.717) is 24.3 Å². The van der Waals surface area contributed by atoms with Crippen LogP contribution in [0.1, 0.15) is 34.3 Å². The third-order valence-corrected chi connectivity index (χ3v) is 5.93. The van der Waals surface area contributed by atoms with E-state index in [1.54, 1.807) is 0 Å². The van der Waals surface area contributed by atoms with Gasteiger partial charge in [-0.25, -0.2) is 4.98 Å². The van der Waals surface area contributed by atoms with Crippen LogP contribution < -0.4 is 10.2 Å². The van der Waals surface area contributed by atoms with Gasteiger partial charge >= 0.3 is 0 Å². The number of nitrogens with zero attached hydrogens (tertiary/aromatic N) is 4. The van der Waals surface area contributed by atoms with Gasteiger partial charge in [0.1, 0.15) is 11.5 Å². The van der Waals surface area contributed by atoms with Crippen LogP contribution in [0.4, 0.5) is 5.82 Å². The molecule has 166 valence electrons. The molecule has 0 unspecified atom stereocenters. The van der Waals surface area contributed by atoms with Crippen LogP contribution in [0.3, 0.4) is 0 Å². The van der Waals surface area contributed by atoms with Crippen LogP contribution in [0, 0.1) is 0 Å². The van der Waals surface area contributed by atoms with Crippen molar-refractivity contribution in [2.24, 2.45) is 0 Å². The van der Waals surface area contributed by atoms with Gasteiger partial charge in [-0.05, 0) is 30.0 Å². The molecule has 2 aromatic carbocycles. The van der Waals surface area contributed by atoms with Crippen LogP contribution in [-0.2, 0) is 13.1 Å². The van der Waals surface area contributed by atoms with Crippen molar-refractivity contribution < 1.29 is 4.79 Å². The topological polar surface area (TPSA) is 63.1 Å². The first-order valence-electron chi connectivity index (χ1n) is 11.4. The Morgan fingerprint density at radius 1 is 0.879 bits per heavy atom. The molecule has 33 heavy (non-hydrogen) atoms. The number of amides is 1. The van der Waals surface area contributed by atoms with Gasteiger partial charge in [-0.3, -0.25) is 9.48 Å². The van der Waals surface area contributed by atoms with Crippen LogP contribution >= 0.6 is 0 Å². The molecule has 0 spiro atoms. The molecule has 1 saturated heterocycles. The van der Waals surface area contributed by atoms with Crippen molar-refractivity contribution in [1.29, 1.82) is 0 Å². The number of benzene rings is 2. The first kappa shape index (κ1) is 20.9. The van der Waals surface area contributed by atoms with Crippen molar-refractivity contribution in [2.45, 2.75) is 25.9 Å². The maximum atomic E-state index is 13.2. The number of carbonyl (C=O) groups excluding carboxylic acids is 1. The maximum Gasteiger partial charge on any atom is 0.255 e. The number of aromatic nitrogens is 3. The lowest BCUT2D eigenvalue weighted by atomic mass is 10.1. The molecular weight excluding hydrogens is 410 g/mol. The molecule has 5 rings (SSSR count). The van der Waals surface area contributed by atoms with E-state index in [4.69, 9.17) is 5.10 Å². The van der Waals surface area contributed by atoms with Gasteiger partial charge in [0.2, 0.25) is 0 Å². The van der Waals surface area contributed by atoms with Crippen molar-refractivity contribution >= 4 is 11.7 Å². The largest absolute Gasteiger partial charge is 0.357 e. The molecule has 2 aromatic heterocycles. The number of hydrogen-bond donors (Lipinski definition) is 1. The molecule has 1 amide bonds. The van der Waals surface area contributed by atoms with Crippen LogP contribution in [0.15, 0.2) is 85.2 Å². The number of rotatable bonds is 7. The molecule has 0 atom stereocenters. The molecule has 0 aliphatic carbocycles. The quantitative estimate of drug-likeness (QED) is 0.462. The zero-order chi connectivity index (χ0) is 22.5. The summed E-state index contributed by atoms with van der Waals surface area (Å²) >= 11 is 0. The number of anilines is 1. The number of pyridine rings is 1. The van der Waals surface area contributed by atoms with Crippen molar-refractivity contribution in [3.05, 3.63) is 102 Å². The Morgan fingerprint density at radius 2 is 1.61 bits per heavy atom. The van der Waals surface area contributed by atoms with E-state index in [-0.39, 0.29) is 5.91 Å². The molecule has 1 aliphatic rings. The summed E-state index contributed by atoms with van der Waals surface area (Å²) in [5, 5.41) is 7.79. The third kappa shape index (κ3) is 4.95. The number of carbonyl (C=O) groups is 1. The van der Waals surface area contributed by atoms with Gasteiger partial charge in [-0.15, -0.1) is 0 Å². The lowest BCUT2D eigenvalue weighted by Gasteiger charge is -2.16. The van der Waals surface area contributed by atoms with Gasteiger partial charge in [-0.2, -0.15) is 5.10 Å². The second-order valence-corrected chi connectivity index (χ2v) is 8.34. The molecule has 0 saturated carbocycles. The fourth-order valence-corrected chi connectivity index (χ4v) is 4.18. The standard InChI is InChI=1S/C27H27N5O/c33-27(29-18-22-13-14-25(28-17-22)31-15-7-8-16-31)24-20-32(19-21-9-3-1-4-10-21)30-26(24)23-11-5-2-6-12-23/h1-6,9-14,17,20H,7-8,15-16,18-19H2,(H,29,33). The molecule has 6 nitrogen and oxygen atoms in total. The van der Waals surface area contributed by atoms with Crippen LogP contribution in [0.2, 0.25) is 0 Å². The van der Waals surface area contributed by atoms with Gasteiger partial charge in [0.25, 0.3) is 5.91 Å². The summed E-state index contributed by atoms with van der Waals surface area (Å²) in [5.41, 5.74) is 4.29. The molecule has 1 aliphatic heterocycles. The highest BCUT2D eigenvalue weighted by molar-refractivity contribution is 5.99. The van der Waals surface area contributed by atoms with Crippen molar-refractivity contribution in [1.82, 2.24) is 20.1 Å². The first-order valence-corrected chi connectivity index (χ1v) is 11.4. The Labute approximate surface area is 193 Å². The second-order valence-electron chi connectivity index (χ2n) is 8.34. The summed E-state index contributed by atoms with van der Waals surface area (Å²) < 4.78 is 1.83. The van der Waals surface area contributed by atoms with E-state index in [9.17, 15) is 4.79 Å². The lowest BCUT2D eigenvalue weighted by Crippen LogP contribution is -2.23. The van der Waals surface area contributed by atoms with Crippen molar-refractivity contribution in [3.63, 3.8) is 0 Å². The summed E-state index contributed by atoms with van der Waals surface area (Å²) in [6.45, 7) is 3.16. The Kier molecular flexibility index (Phi) is 6.15. The average Bonchev–Trinajstić information content (AvgIpc) is 3.55. The predicted molar refractivity (Wildman–Crippen MR) is 130 cm³/mol. The van der Waals surface area contributed by atoms with E-state index in [2.05, 4.69) is 27.3 Å². The molecular formula is C27H27N5O. The monoisotopic (exact) mass is 437 g/mol. The van der Waals surface area contributed by atoms with E-state index < -0.39 is 0 Å². The maximum absolute atomic E-state index is 13.2. The van der Waals surface area contributed by atoms with Gasteiger partial charge in [0.15, 0.2) is 0 Å². The summed E-state index contributed by atoms with van der Waals surface area (Å²) in [5.74, 6) is 0.868. The Hall–Kier alpha value is -3.93. The SMILES string of the molecule is O=C(NCc1ccc(N2CCCC2)nc1)c1cn(Cc2ccccc2)nc1-c1ccccc1. The molecule has 6 heteroatoms. The van der Waals surface area contributed by atoms with Crippen LogP contribution in [-0.4, -0.2) is 33.8 Å². The van der Waals surface area contributed by atoms with Crippen LogP contribution in [0.25, 0.3) is 11.3 Å². The molecule has 1 fully saturated rings. The highest BCUT2D eigenvalue weighted by Gasteiger charge is 2.18. The fraction of sp³-hybridized carbons (Fsp3) is 0.222. The average molecular weight is 438 g/mol. The van der Waals surface area contributed by atoms with Gasteiger partial charge in [0, 0.05) is 37.6 Å². The molecule has 3 heterocycles. The molecule has 1 N–H and O–H groups in total. The van der Waals surface area contributed by atoms with E-state index in [1.165, 1.54) is 12.8 Å². The normalized spacial score (nSPS) is 13.3. The van der Waals surface area contributed by atoms with Crippen molar-refractivity contribution in [3.8, 4) is 11.3 Å². The minimum atomic E-state index is -0.142. The van der Waals surface area contributed by atoms with E-state index in [1.807, 2.05) is 77.7 Å². The summed E-state index contributed by atoms with van der Waals surface area (Å²) in [6.07, 6.45) is 6.13. The van der Waals surface area contributed by atoms with E-state index in [0.717, 1.165) is 35.6 Å². The predicted octanol–water partition coefficient (Wildman–Crippen LogP) is 4.52. The summed E-state index contributed by atoms with van der Waals surface area (Å²) in [7, 11) is 0. The highest BCUT2D eigenvalue weighted by Crippen LogP contribution is 2.23. The molecule has 0 radical (unpaired) electrons. The second kappa shape index (κ2) is 9.69. The first-order chi connectivity index (χ1) is 16.3.